The van der Waals surface area contributed by atoms with Crippen molar-refractivity contribution in [3.8, 4) is 0 Å². The van der Waals surface area contributed by atoms with Gasteiger partial charge in [-0.15, -0.1) is 0 Å². The van der Waals surface area contributed by atoms with E-state index in [2.05, 4.69) is 23.6 Å². The van der Waals surface area contributed by atoms with Gasteiger partial charge in [0.1, 0.15) is 0 Å². The first kappa shape index (κ1) is 9.36. The second-order valence-electron chi connectivity index (χ2n) is 3.34. The first-order valence-corrected chi connectivity index (χ1v) is 4.77. The lowest BCUT2D eigenvalue weighted by molar-refractivity contribution is 0.358. The molecule has 70 valence electrons. The summed E-state index contributed by atoms with van der Waals surface area (Å²) < 4.78 is 0. The van der Waals surface area contributed by atoms with Gasteiger partial charge in [-0.25, -0.2) is 0 Å². The number of guanidine groups is 1. The largest absolute Gasteiger partial charge is 0.344 e. The maximum absolute atomic E-state index is 7.87. The van der Waals surface area contributed by atoms with Crippen molar-refractivity contribution in [3.63, 3.8) is 0 Å². The van der Waals surface area contributed by atoms with Gasteiger partial charge in [-0.2, -0.15) is 0 Å². The van der Waals surface area contributed by atoms with Gasteiger partial charge >= 0.3 is 0 Å². The van der Waals surface area contributed by atoms with E-state index < -0.39 is 0 Å². The van der Waals surface area contributed by atoms with Gasteiger partial charge in [-0.05, 0) is 26.7 Å². The maximum Gasteiger partial charge on any atom is 0.193 e. The van der Waals surface area contributed by atoms with Crippen LogP contribution in [-0.2, 0) is 0 Å². The Hall–Kier alpha value is -0.730. The van der Waals surface area contributed by atoms with Gasteiger partial charge in [-0.3, -0.25) is 5.41 Å². The van der Waals surface area contributed by atoms with Crippen molar-refractivity contribution < 1.29 is 0 Å². The van der Waals surface area contributed by atoms with Gasteiger partial charge in [0.05, 0.1) is 0 Å². The molecule has 0 atom stereocenters. The second-order valence-corrected chi connectivity index (χ2v) is 3.34. The molecule has 3 heteroatoms. The fourth-order valence-electron chi connectivity index (χ4n) is 1.38. The van der Waals surface area contributed by atoms with E-state index in [0.717, 1.165) is 13.1 Å². The molecule has 1 aliphatic carbocycles. The van der Waals surface area contributed by atoms with Crippen LogP contribution in [0.3, 0.4) is 0 Å². The Morgan fingerprint density at radius 3 is 2.17 bits per heavy atom. The van der Waals surface area contributed by atoms with Crippen LogP contribution in [0.2, 0.25) is 0 Å². The van der Waals surface area contributed by atoms with Crippen molar-refractivity contribution in [1.29, 1.82) is 5.41 Å². The fraction of sp³-hybridized carbons (Fsp3) is 0.889. The quantitative estimate of drug-likeness (QED) is 0.510. The first-order valence-electron chi connectivity index (χ1n) is 4.77. The number of rotatable bonds is 3. The van der Waals surface area contributed by atoms with Gasteiger partial charge in [0.25, 0.3) is 0 Å². The number of nitrogens with one attached hydrogen (secondary N) is 1. The van der Waals surface area contributed by atoms with Crippen molar-refractivity contribution in [2.75, 3.05) is 20.1 Å². The van der Waals surface area contributed by atoms with Crippen molar-refractivity contribution in [3.05, 3.63) is 0 Å². The molecule has 0 aromatic heterocycles. The van der Waals surface area contributed by atoms with Crippen molar-refractivity contribution in [2.24, 2.45) is 0 Å². The third-order valence-electron chi connectivity index (χ3n) is 2.49. The lowest BCUT2D eigenvalue weighted by atomic mass is 10.5. The van der Waals surface area contributed by atoms with Gasteiger partial charge in [0.2, 0.25) is 0 Å². The highest BCUT2D eigenvalue weighted by Gasteiger charge is 2.29. The number of hydrogen-bond donors (Lipinski definition) is 1. The molecule has 0 bridgehead atoms. The molecule has 0 heterocycles. The summed E-state index contributed by atoms with van der Waals surface area (Å²) in [6.45, 7) is 6.07. The molecular formula is C9H19N3. The fourth-order valence-corrected chi connectivity index (χ4v) is 1.38. The van der Waals surface area contributed by atoms with E-state index in [1.165, 1.54) is 12.8 Å². The number of hydrogen-bond acceptors (Lipinski definition) is 1. The molecule has 0 spiro atoms. The minimum Gasteiger partial charge on any atom is -0.344 e. The molecule has 1 N–H and O–H groups in total. The summed E-state index contributed by atoms with van der Waals surface area (Å²) >= 11 is 0. The number of nitrogens with zero attached hydrogens (tertiary/aromatic N) is 2. The average molecular weight is 169 g/mol. The van der Waals surface area contributed by atoms with E-state index in [-0.39, 0.29) is 0 Å². The standard InChI is InChI=1S/C9H19N3/c1-4-12(5-2)9(10)11(3)8-6-7-8/h8,10H,4-7H2,1-3H3. The second kappa shape index (κ2) is 3.78. The molecule has 1 fully saturated rings. The molecule has 0 unspecified atom stereocenters. The van der Waals surface area contributed by atoms with E-state index in [0.29, 0.717) is 12.0 Å². The summed E-state index contributed by atoms with van der Waals surface area (Å²) in [7, 11) is 2.03. The minimum absolute atomic E-state index is 0.651. The summed E-state index contributed by atoms with van der Waals surface area (Å²) in [6.07, 6.45) is 2.53. The summed E-state index contributed by atoms with van der Waals surface area (Å²) in [4.78, 5) is 4.17. The van der Waals surface area contributed by atoms with Crippen molar-refractivity contribution in [1.82, 2.24) is 9.80 Å². The van der Waals surface area contributed by atoms with E-state index in [1.54, 1.807) is 0 Å². The lowest BCUT2D eigenvalue weighted by Crippen LogP contribution is -2.42. The normalized spacial score (nSPS) is 15.9. The third kappa shape index (κ3) is 1.90. The SMILES string of the molecule is CCN(CC)C(=N)N(C)C1CC1. The van der Waals surface area contributed by atoms with Crippen LogP contribution < -0.4 is 0 Å². The Morgan fingerprint density at radius 2 is 1.83 bits per heavy atom. The van der Waals surface area contributed by atoms with Crippen LogP contribution in [0.15, 0.2) is 0 Å². The van der Waals surface area contributed by atoms with E-state index in [9.17, 15) is 0 Å². The highest BCUT2D eigenvalue weighted by Crippen LogP contribution is 2.25. The predicted molar refractivity (Wildman–Crippen MR) is 51.4 cm³/mol. The molecule has 0 aromatic carbocycles. The van der Waals surface area contributed by atoms with Gasteiger partial charge in [0.15, 0.2) is 5.96 Å². The van der Waals surface area contributed by atoms with Crippen molar-refractivity contribution >= 4 is 5.96 Å². The van der Waals surface area contributed by atoms with Crippen LogP contribution in [0.25, 0.3) is 0 Å². The van der Waals surface area contributed by atoms with E-state index in [4.69, 9.17) is 5.41 Å². The zero-order valence-electron chi connectivity index (χ0n) is 8.30. The van der Waals surface area contributed by atoms with Crippen LogP contribution in [0.5, 0.6) is 0 Å². The molecule has 0 saturated heterocycles. The Morgan fingerprint density at radius 1 is 1.33 bits per heavy atom. The molecule has 0 radical (unpaired) electrons. The Bertz CT molecular complexity index is 155. The van der Waals surface area contributed by atoms with Gasteiger partial charge < -0.3 is 9.80 Å². The van der Waals surface area contributed by atoms with Crippen LogP contribution in [0, 0.1) is 5.41 Å². The smallest absolute Gasteiger partial charge is 0.193 e. The zero-order chi connectivity index (χ0) is 9.14. The van der Waals surface area contributed by atoms with Crippen LogP contribution >= 0.6 is 0 Å². The van der Waals surface area contributed by atoms with Gasteiger partial charge in [-0.1, -0.05) is 0 Å². The highest BCUT2D eigenvalue weighted by atomic mass is 15.4. The highest BCUT2D eigenvalue weighted by molar-refractivity contribution is 5.77. The van der Waals surface area contributed by atoms with Crippen LogP contribution in [-0.4, -0.2) is 41.9 Å². The predicted octanol–water partition coefficient (Wildman–Crippen LogP) is 1.36. The molecule has 1 aliphatic rings. The van der Waals surface area contributed by atoms with Gasteiger partial charge in [0, 0.05) is 26.2 Å². The summed E-state index contributed by atoms with van der Waals surface area (Å²) in [5, 5.41) is 7.87. The summed E-state index contributed by atoms with van der Waals surface area (Å²) in [5.74, 6) is 0.683. The monoisotopic (exact) mass is 169 g/mol. The van der Waals surface area contributed by atoms with E-state index in [1.807, 2.05) is 7.05 Å². The minimum atomic E-state index is 0.651. The first-order chi connectivity index (χ1) is 5.70. The molecular weight excluding hydrogens is 150 g/mol. The van der Waals surface area contributed by atoms with Crippen LogP contribution in [0.1, 0.15) is 26.7 Å². The Kier molecular flexibility index (Phi) is 2.95. The molecule has 1 rings (SSSR count). The molecule has 0 aromatic rings. The molecule has 0 aliphatic heterocycles. The third-order valence-corrected chi connectivity index (χ3v) is 2.49. The molecule has 3 nitrogen and oxygen atoms in total. The summed E-state index contributed by atoms with van der Waals surface area (Å²) in [6, 6.07) is 0.651. The molecule has 12 heavy (non-hydrogen) atoms. The Labute approximate surface area is 74.9 Å². The lowest BCUT2D eigenvalue weighted by Gasteiger charge is -2.29. The zero-order valence-corrected chi connectivity index (χ0v) is 8.30. The average Bonchev–Trinajstić information content (AvgIpc) is 2.87. The maximum atomic E-state index is 7.87. The summed E-state index contributed by atoms with van der Waals surface area (Å²) in [5.41, 5.74) is 0. The van der Waals surface area contributed by atoms with E-state index >= 15 is 0 Å². The van der Waals surface area contributed by atoms with Crippen molar-refractivity contribution in [2.45, 2.75) is 32.7 Å². The molecule has 0 amide bonds. The Balaban J connectivity index is 2.42. The molecule has 1 saturated carbocycles. The topological polar surface area (TPSA) is 30.3 Å². The van der Waals surface area contributed by atoms with Crippen LogP contribution in [0.4, 0.5) is 0 Å².